The van der Waals surface area contributed by atoms with Crippen LogP contribution in [0.25, 0.3) is 6.08 Å². The molecule has 0 fully saturated rings. The molecule has 25 heavy (non-hydrogen) atoms. The van der Waals surface area contributed by atoms with Crippen LogP contribution in [0.3, 0.4) is 0 Å². The fourth-order valence-electron chi connectivity index (χ4n) is 2.69. The number of ether oxygens (including phenoxy) is 4. The minimum atomic E-state index is -0.136. The smallest absolute Gasteiger partial charge is 0.185 e. The second kappa shape index (κ2) is 6.69. The summed E-state index contributed by atoms with van der Waals surface area (Å²) in [6, 6.07) is 8.70. The Labute approximate surface area is 149 Å². The zero-order valence-electron chi connectivity index (χ0n) is 13.3. The van der Waals surface area contributed by atoms with E-state index in [0.29, 0.717) is 60.0 Å². The second-order valence-corrected chi connectivity index (χ2v) is 5.99. The van der Waals surface area contributed by atoms with Crippen LogP contribution in [0.2, 0.25) is 5.02 Å². The number of carbonyl (C=O) groups excluding carboxylic acids is 1. The first-order valence-corrected chi connectivity index (χ1v) is 8.30. The van der Waals surface area contributed by atoms with Gasteiger partial charge in [-0.1, -0.05) is 17.7 Å². The first-order chi connectivity index (χ1) is 12.2. The fraction of sp³-hybridized carbons (Fsp3) is 0.211. The van der Waals surface area contributed by atoms with Crippen molar-refractivity contribution in [3.8, 4) is 23.0 Å². The monoisotopic (exact) mass is 358 g/mol. The van der Waals surface area contributed by atoms with Gasteiger partial charge in [0.05, 0.1) is 5.02 Å². The SMILES string of the molecule is O=C(/C=C/c1cc(Cl)c2c(c1)OCCO2)c1ccc2c(c1)OCCO2. The lowest BCUT2D eigenvalue weighted by molar-refractivity contribution is 0.104. The zero-order chi connectivity index (χ0) is 17.2. The summed E-state index contributed by atoms with van der Waals surface area (Å²) in [6.45, 7) is 1.96. The summed E-state index contributed by atoms with van der Waals surface area (Å²) in [5.41, 5.74) is 1.30. The maximum absolute atomic E-state index is 12.4. The van der Waals surface area contributed by atoms with Crippen molar-refractivity contribution in [1.82, 2.24) is 0 Å². The van der Waals surface area contributed by atoms with Crippen LogP contribution in [0.5, 0.6) is 23.0 Å². The summed E-state index contributed by atoms with van der Waals surface area (Å²) in [6.07, 6.45) is 3.19. The Kier molecular flexibility index (Phi) is 4.24. The number of rotatable bonds is 3. The average Bonchev–Trinajstić information content (AvgIpc) is 2.66. The molecule has 0 saturated heterocycles. The lowest BCUT2D eigenvalue weighted by atomic mass is 10.1. The Morgan fingerprint density at radius 1 is 0.880 bits per heavy atom. The van der Waals surface area contributed by atoms with E-state index in [2.05, 4.69) is 0 Å². The van der Waals surface area contributed by atoms with E-state index in [1.54, 1.807) is 36.4 Å². The normalized spacial score (nSPS) is 15.2. The Bertz CT molecular complexity index is 859. The highest BCUT2D eigenvalue weighted by Gasteiger charge is 2.16. The molecule has 0 spiro atoms. The van der Waals surface area contributed by atoms with Gasteiger partial charge >= 0.3 is 0 Å². The van der Waals surface area contributed by atoms with Crippen molar-refractivity contribution in [3.05, 3.63) is 52.6 Å². The molecule has 6 heteroatoms. The van der Waals surface area contributed by atoms with Crippen molar-refractivity contribution in [2.75, 3.05) is 26.4 Å². The van der Waals surface area contributed by atoms with Gasteiger partial charge in [-0.2, -0.15) is 0 Å². The molecular weight excluding hydrogens is 344 g/mol. The van der Waals surface area contributed by atoms with Crippen LogP contribution < -0.4 is 18.9 Å². The van der Waals surface area contributed by atoms with Gasteiger partial charge < -0.3 is 18.9 Å². The van der Waals surface area contributed by atoms with E-state index in [0.717, 1.165) is 5.56 Å². The average molecular weight is 359 g/mol. The molecule has 2 aromatic rings. The van der Waals surface area contributed by atoms with Gasteiger partial charge in [0, 0.05) is 5.56 Å². The summed E-state index contributed by atoms with van der Waals surface area (Å²) >= 11 is 6.20. The Balaban J connectivity index is 1.55. The molecular formula is C19H15ClO5. The first kappa shape index (κ1) is 15.8. The topological polar surface area (TPSA) is 54.0 Å². The van der Waals surface area contributed by atoms with Crippen LogP contribution in [-0.4, -0.2) is 32.2 Å². The predicted molar refractivity (Wildman–Crippen MR) is 93.2 cm³/mol. The number of ketones is 1. The van der Waals surface area contributed by atoms with Crippen LogP contribution >= 0.6 is 11.6 Å². The highest BCUT2D eigenvalue weighted by Crippen LogP contribution is 2.38. The number of hydrogen-bond acceptors (Lipinski definition) is 5. The molecule has 0 aliphatic carbocycles. The van der Waals surface area contributed by atoms with Crippen molar-refractivity contribution in [3.63, 3.8) is 0 Å². The van der Waals surface area contributed by atoms with Gasteiger partial charge in [0.2, 0.25) is 0 Å². The van der Waals surface area contributed by atoms with Crippen molar-refractivity contribution in [2.24, 2.45) is 0 Å². The van der Waals surface area contributed by atoms with E-state index < -0.39 is 0 Å². The Morgan fingerprint density at radius 2 is 1.60 bits per heavy atom. The molecule has 2 aliphatic heterocycles. The molecule has 128 valence electrons. The maximum Gasteiger partial charge on any atom is 0.185 e. The number of fused-ring (bicyclic) bond motifs is 2. The van der Waals surface area contributed by atoms with Gasteiger partial charge in [0.15, 0.2) is 28.8 Å². The van der Waals surface area contributed by atoms with Gasteiger partial charge in [0.25, 0.3) is 0 Å². The standard InChI is InChI=1S/C19H15ClO5/c20-14-9-12(10-18-19(14)25-8-7-24-18)1-3-15(21)13-2-4-16-17(11-13)23-6-5-22-16/h1-4,9-11H,5-8H2/b3-1+. The van der Waals surface area contributed by atoms with Crippen LogP contribution in [0.4, 0.5) is 0 Å². The summed E-state index contributed by atoms with van der Waals surface area (Å²) in [5.74, 6) is 2.25. The molecule has 4 rings (SSSR count). The van der Waals surface area contributed by atoms with E-state index in [4.69, 9.17) is 30.5 Å². The minimum Gasteiger partial charge on any atom is -0.486 e. The van der Waals surface area contributed by atoms with Crippen molar-refractivity contribution >= 4 is 23.5 Å². The van der Waals surface area contributed by atoms with Crippen LogP contribution in [0, 0.1) is 0 Å². The summed E-state index contributed by atoms with van der Waals surface area (Å²) < 4.78 is 22.0. The van der Waals surface area contributed by atoms with E-state index in [1.165, 1.54) is 6.08 Å². The lowest BCUT2D eigenvalue weighted by Gasteiger charge is -2.19. The zero-order valence-corrected chi connectivity index (χ0v) is 14.0. The van der Waals surface area contributed by atoms with E-state index in [-0.39, 0.29) is 5.78 Å². The predicted octanol–water partition coefficient (Wildman–Crippen LogP) is 3.78. The third-order valence-electron chi connectivity index (χ3n) is 3.87. The number of allylic oxidation sites excluding steroid dienone is 1. The highest BCUT2D eigenvalue weighted by molar-refractivity contribution is 6.32. The number of benzene rings is 2. The second-order valence-electron chi connectivity index (χ2n) is 5.58. The third-order valence-corrected chi connectivity index (χ3v) is 4.15. The maximum atomic E-state index is 12.4. The number of halogens is 1. The Morgan fingerprint density at radius 3 is 2.44 bits per heavy atom. The summed E-state index contributed by atoms with van der Waals surface area (Å²) in [4.78, 5) is 12.4. The molecule has 0 aromatic heterocycles. The lowest BCUT2D eigenvalue weighted by Crippen LogP contribution is -2.15. The van der Waals surface area contributed by atoms with E-state index in [1.807, 2.05) is 0 Å². The molecule has 0 atom stereocenters. The summed E-state index contributed by atoms with van der Waals surface area (Å²) in [7, 11) is 0. The van der Waals surface area contributed by atoms with Crippen molar-refractivity contribution in [2.45, 2.75) is 0 Å². The molecule has 0 N–H and O–H groups in total. The Hall–Kier alpha value is -2.66. The molecule has 5 nitrogen and oxygen atoms in total. The molecule has 0 radical (unpaired) electrons. The van der Waals surface area contributed by atoms with Crippen molar-refractivity contribution < 1.29 is 23.7 Å². The quantitative estimate of drug-likeness (QED) is 0.617. The van der Waals surface area contributed by atoms with Gasteiger partial charge in [0.1, 0.15) is 26.4 Å². The van der Waals surface area contributed by atoms with Gasteiger partial charge in [-0.05, 0) is 42.0 Å². The van der Waals surface area contributed by atoms with Gasteiger partial charge in [-0.15, -0.1) is 0 Å². The number of hydrogen-bond donors (Lipinski definition) is 0. The van der Waals surface area contributed by atoms with Crippen LogP contribution in [0.15, 0.2) is 36.4 Å². The van der Waals surface area contributed by atoms with E-state index >= 15 is 0 Å². The van der Waals surface area contributed by atoms with Gasteiger partial charge in [-0.3, -0.25) is 4.79 Å². The molecule has 2 heterocycles. The minimum absolute atomic E-state index is 0.136. The summed E-state index contributed by atoms with van der Waals surface area (Å²) in [5, 5.41) is 0.462. The largest absolute Gasteiger partial charge is 0.486 e. The fourth-order valence-corrected chi connectivity index (χ4v) is 2.97. The first-order valence-electron chi connectivity index (χ1n) is 7.92. The van der Waals surface area contributed by atoms with Crippen LogP contribution in [-0.2, 0) is 0 Å². The molecule has 2 aliphatic rings. The molecule has 2 aromatic carbocycles. The van der Waals surface area contributed by atoms with E-state index in [9.17, 15) is 4.79 Å². The molecule has 0 unspecified atom stereocenters. The number of carbonyl (C=O) groups is 1. The molecule has 0 amide bonds. The van der Waals surface area contributed by atoms with Gasteiger partial charge in [-0.25, -0.2) is 0 Å². The van der Waals surface area contributed by atoms with Crippen molar-refractivity contribution in [1.29, 1.82) is 0 Å². The third kappa shape index (κ3) is 3.28. The molecule has 0 saturated carbocycles. The van der Waals surface area contributed by atoms with Crippen LogP contribution in [0.1, 0.15) is 15.9 Å². The highest BCUT2D eigenvalue weighted by atomic mass is 35.5. The molecule has 0 bridgehead atoms.